The third kappa shape index (κ3) is 7.45. The van der Waals surface area contributed by atoms with Crippen molar-refractivity contribution in [3.63, 3.8) is 0 Å². The molecule has 0 unspecified atom stereocenters. The predicted octanol–water partition coefficient (Wildman–Crippen LogP) is 3.47. The summed E-state index contributed by atoms with van der Waals surface area (Å²) in [7, 11) is -3.26. The Morgan fingerprint density at radius 1 is 1.08 bits per heavy atom. The number of benzene rings is 2. The van der Waals surface area contributed by atoms with Crippen LogP contribution in [0.4, 0.5) is 16.2 Å². The van der Waals surface area contributed by atoms with Crippen molar-refractivity contribution in [3.05, 3.63) is 59.1 Å². The minimum absolute atomic E-state index is 0.282. The first kappa shape index (κ1) is 19.1. The molecule has 0 heterocycles. The standard InChI is InChI=1S/C17H20ClN3O3S/c1-25(23,24)21-15-9-7-13(8-10-15)4-3-11-19-17(22)20-16-6-2-5-14(18)12-16/h2,5-10,12,21H,3-4,11H2,1H3,(H2,19,20,22). The number of anilines is 2. The van der Waals surface area contributed by atoms with Crippen molar-refractivity contribution < 1.29 is 13.2 Å². The summed E-state index contributed by atoms with van der Waals surface area (Å²) in [6, 6.07) is 13.8. The van der Waals surface area contributed by atoms with Gasteiger partial charge in [-0.05, 0) is 48.7 Å². The first-order valence-electron chi connectivity index (χ1n) is 7.69. The Morgan fingerprint density at radius 3 is 2.44 bits per heavy atom. The van der Waals surface area contributed by atoms with Crippen LogP contribution in [0.15, 0.2) is 48.5 Å². The molecule has 0 saturated carbocycles. The molecule has 25 heavy (non-hydrogen) atoms. The van der Waals surface area contributed by atoms with Gasteiger partial charge in [0.25, 0.3) is 0 Å². The molecule has 0 aliphatic heterocycles. The Morgan fingerprint density at radius 2 is 1.80 bits per heavy atom. The van der Waals surface area contributed by atoms with E-state index in [0.29, 0.717) is 22.9 Å². The Labute approximate surface area is 152 Å². The van der Waals surface area contributed by atoms with Crippen LogP contribution in [0.3, 0.4) is 0 Å². The third-order valence-corrected chi connectivity index (χ3v) is 4.11. The molecule has 0 aliphatic carbocycles. The van der Waals surface area contributed by atoms with Gasteiger partial charge in [0, 0.05) is 22.9 Å². The van der Waals surface area contributed by atoms with Gasteiger partial charge in [-0.3, -0.25) is 4.72 Å². The molecule has 2 aromatic rings. The number of sulfonamides is 1. The van der Waals surface area contributed by atoms with Crippen molar-refractivity contribution in [1.82, 2.24) is 5.32 Å². The first-order valence-corrected chi connectivity index (χ1v) is 9.96. The number of urea groups is 1. The maximum atomic E-state index is 11.8. The minimum Gasteiger partial charge on any atom is -0.338 e. The van der Waals surface area contributed by atoms with E-state index in [4.69, 9.17) is 11.6 Å². The number of nitrogens with one attached hydrogen (secondary N) is 3. The second-order valence-corrected chi connectivity index (χ2v) is 7.75. The fraction of sp³-hybridized carbons (Fsp3) is 0.235. The Kier molecular flexibility index (Phi) is 6.66. The average molecular weight is 382 g/mol. The van der Waals surface area contributed by atoms with E-state index in [2.05, 4.69) is 15.4 Å². The zero-order valence-corrected chi connectivity index (χ0v) is 15.3. The van der Waals surface area contributed by atoms with Crippen LogP contribution in [0.25, 0.3) is 0 Å². The maximum absolute atomic E-state index is 11.8. The Hall–Kier alpha value is -2.25. The largest absolute Gasteiger partial charge is 0.338 e. The molecule has 2 rings (SSSR count). The molecule has 0 fully saturated rings. The van der Waals surface area contributed by atoms with Crippen LogP contribution in [0.5, 0.6) is 0 Å². The monoisotopic (exact) mass is 381 g/mol. The van der Waals surface area contributed by atoms with Crippen LogP contribution in [0.1, 0.15) is 12.0 Å². The number of carbonyl (C=O) groups excluding carboxylic acids is 1. The summed E-state index contributed by atoms with van der Waals surface area (Å²) in [6.07, 6.45) is 2.65. The van der Waals surface area contributed by atoms with E-state index < -0.39 is 10.0 Å². The van der Waals surface area contributed by atoms with E-state index >= 15 is 0 Å². The average Bonchev–Trinajstić information content (AvgIpc) is 2.52. The van der Waals surface area contributed by atoms with Crippen LogP contribution in [-0.2, 0) is 16.4 Å². The smallest absolute Gasteiger partial charge is 0.319 e. The van der Waals surface area contributed by atoms with Crippen molar-refractivity contribution in [2.75, 3.05) is 22.8 Å². The second-order valence-electron chi connectivity index (χ2n) is 5.57. The molecule has 2 amide bonds. The summed E-state index contributed by atoms with van der Waals surface area (Å²) < 4.78 is 24.7. The van der Waals surface area contributed by atoms with Gasteiger partial charge in [0.1, 0.15) is 0 Å². The number of amides is 2. The van der Waals surface area contributed by atoms with Gasteiger partial charge in [0.2, 0.25) is 10.0 Å². The highest BCUT2D eigenvalue weighted by molar-refractivity contribution is 7.92. The lowest BCUT2D eigenvalue weighted by Crippen LogP contribution is -2.29. The van der Waals surface area contributed by atoms with Crippen LogP contribution in [0, 0.1) is 0 Å². The quantitative estimate of drug-likeness (QED) is 0.642. The highest BCUT2D eigenvalue weighted by atomic mass is 35.5. The molecule has 0 spiro atoms. The van der Waals surface area contributed by atoms with Gasteiger partial charge >= 0.3 is 6.03 Å². The first-order chi connectivity index (χ1) is 11.8. The molecular weight excluding hydrogens is 362 g/mol. The molecule has 0 saturated heterocycles. The molecule has 2 aromatic carbocycles. The van der Waals surface area contributed by atoms with Crippen LogP contribution in [-0.4, -0.2) is 27.2 Å². The molecule has 0 aliphatic rings. The molecule has 0 aromatic heterocycles. The Balaban J connectivity index is 1.71. The number of aryl methyl sites for hydroxylation is 1. The number of carbonyl (C=O) groups is 1. The molecule has 8 heteroatoms. The van der Waals surface area contributed by atoms with E-state index in [1.165, 1.54) is 0 Å². The molecular formula is C17H20ClN3O3S. The van der Waals surface area contributed by atoms with E-state index in [0.717, 1.165) is 24.7 Å². The summed E-state index contributed by atoms with van der Waals surface area (Å²) in [5.41, 5.74) is 2.24. The number of halogens is 1. The third-order valence-electron chi connectivity index (χ3n) is 3.27. The topological polar surface area (TPSA) is 87.3 Å². The second kappa shape index (κ2) is 8.73. The lowest BCUT2D eigenvalue weighted by Gasteiger charge is -2.08. The fourth-order valence-electron chi connectivity index (χ4n) is 2.19. The number of rotatable bonds is 7. The molecule has 0 radical (unpaired) electrons. The lowest BCUT2D eigenvalue weighted by molar-refractivity contribution is 0.252. The van der Waals surface area contributed by atoms with Gasteiger partial charge in [0.05, 0.1) is 6.26 Å². The van der Waals surface area contributed by atoms with Crippen LogP contribution < -0.4 is 15.4 Å². The van der Waals surface area contributed by atoms with E-state index in [9.17, 15) is 13.2 Å². The molecule has 3 N–H and O–H groups in total. The van der Waals surface area contributed by atoms with Gasteiger partial charge in [-0.15, -0.1) is 0 Å². The van der Waals surface area contributed by atoms with E-state index in [-0.39, 0.29) is 6.03 Å². The zero-order valence-electron chi connectivity index (χ0n) is 13.8. The fourth-order valence-corrected chi connectivity index (χ4v) is 2.94. The van der Waals surface area contributed by atoms with E-state index in [1.54, 1.807) is 36.4 Å². The van der Waals surface area contributed by atoms with Crippen LogP contribution in [0.2, 0.25) is 5.02 Å². The van der Waals surface area contributed by atoms with Crippen molar-refractivity contribution in [2.45, 2.75) is 12.8 Å². The summed E-state index contributed by atoms with van der Waals surface area (Å²) in [6.45, 7) is 0.524. The Bertz CT molecular complexity index is 823. The number of hydrogen-bond acceptors (Lipinski definition) is 3. The van der Waals surface area contributed by atoms with Crippen molar-refractivity contribution in [3.8, 4) is 0 Å². The number of hydrogen-bond donors (Lipinski definition) is 3. The SMILES string of the molecule is CS(=O)(=O)Nc1ccc(CCCNC(=O)Nc2cccc(Cl)c2)cc1. The van der Waals surface area contributed by atoms with Gasteiger partial charge in [-0.2, -0.15) is 0 Å². The molecule has 0 bridgehead atoms. The van der Waals surface area contributed by atoms with E-state index in [1.807, 2.05) is 12.1 Å². The molecule has 6 nitrogen and oxygen atoms in total. The minimum atomic E-state index is -3.26. The van der Waals surface area contributed by atoms with Gasteiger partial charge in [-0.25, -0.2) is 13.2 Å². The summed E-state index contributed by atoms with van der Waals surface area (Å²) in [4.78, 5) is 11.8. The summed E-state index contributed by atoms with van der Waals surface area (Å²) >= 11 is 5.86. The summed E-state index contributed by atoms with van der Waals surface area (Å²) in [5, 5.41) is 6.05. The molecule has 134 valence electrons. The van der Waals surface area contributed by atoms with Gasteiger partial charge in [0.15, 0.2) is 0 Å². The summed E-state index contributed by atoms with van der Waals surface area (Å²) in [5.74, 6) is 0. The van der Waals surface area contributed by atoms with Crippen LogP contribution >= 0.6 is 11.6 Å². The van der Waals surface area contributed by atoms with Gasteiger partial charge in [-0.1, -0.05) is 29.8 Å². The van der Waals surface area contributed by atoms with Crippen molar-refractivity contribution in [2.24, 2.45) is 0 Å². The van der Waals surface area contributed by atoms with Crippen molar-refractivity contribution in [1.29, 1.82) is 0 Å². The zero-order chi connectivity index (χ0) is 18.3. The lowest BCUT2D eigenvalue weighted by atomic mass is 10.1. The highest BCUT2D eigenvalue weighted by Gasteiger charge is 2.03. The van der Waals surface area contributed by atoms with Gasteiger partial charge < -0.3 is 10.6 Å². The molecule has 0 atom stereocenters. The normalized spacial score (nSPS) is 11.0. The predicted molar refractivity (Wildman–Crippen MR) is 102 cm³/mol. The maximum Gasteiger partial charge on any atom is 0.319 e. The highest BCUT2D eigenvalue weighted by Crippen LogP contribution is 2.15. The van der Waals surface area contributed by atoms with Crippen molar-refractivity contribution >= 4 is 39.0 Å².